The number of hydrogen-bond donors (Lipinski definition) is 1. The summed E-state index contributed by atoms with van der Waals surface area (Å²) in [6.07, 6.45) is 3.15. The molecule has 1 heterocycles. The van der Waals surface area contributed by atoms with Gasteiger partial charge in [-0.1, -0.05) is 18.2 Å². The molecule has 2 aromatic carbocycles. The van der Waals surface area contributed by atoms with Crippen LogP contribution in [0, 0.1) is 0 Å². The molecule has 0 bridgehead atoms. The third-order valence-corrected chi connectivity index (χ3v) is 6.47. The average molecular weight is 389 g/mol. The lowest BCUT2D eigenvalue weighted by atomic mass is 10.3. The molecular formula is C19H20N2O3S2. The van der Waals surface area contributed by atoms with E-state index in [4.69, 9.17) is 0 Å². The Bertz CT molecular complexity index is 909. The van der Waals surface area contributed by atoms with Gasteiger partial charge in [-0.2, -0.15) is 0 Å². The van der Waals surface area contributed by atoms with E-state index in [1.165, 1.54) is 23.9 Å². The van der Waals surface area contributed by atoms with Crippen LogP contribution in [0.4, 0.5) is 11.4 Å². The zero-order valence-electron chi connectivity index (χ0n) is 14.2. The van der Waals surface area contributed by atoms with Crippen molar-refractivity contribution in [3.63, 3.8) is 0 Å². The summed E-state index contributed by atoms with van der Waals surface area (Å²) in [6, 6.07) is 13.7. The topological polar surface area (TPSA) is 66.5 Å². The fourth-order valence-corrected chi connectivity index (χ4v) is 4.65. The molecule has 136 valence electrons. The number of sulfonamides is 1. The van der Waals surface area contributed by atoms with Crippen LogP contribution in [0.3, 0.4) is 0 Å². The summed E-state index contributed by atoms with van der Waals surface area (Å²) in [5.41, 5.74) is 1.27. The van der Waals surface area contributed by atoms with Crippen molar-refractivity contribution >= 4 is 39.1 Å². The highest BCUT2D eigenvalue weighted by molar-refractivity contribution is 7.99. The van der Waals surface area contributed by atoms with Gasteiger partial charge in [-0.25, -0.2) is 8.42 Å². The van der Waals surface area contributed by atoms with E-state index in [0.717, 1.165) is 17.0 Å². The number of nitrogens with one attached hydrogen (secondary N) is 1. The van der Waals surface area contributed by atoms with Crippen LogP contribution in [0.25, 0.3) is 0 Å². The number of hydrogen-bond acceptors (Lipinski definition) is 4. The van der Waals surface area contributed by atoms with Crippen LogP contribution in [0.1, 0.15) is 12.8 Å². The highest BCUT2D eigenvalue weighted by Crippen LogP contribution is 2.29. The Hall–Kier alpha value is -2.25. The molecule has 0 aliphatic carbocycles. The van der Waals surface area contributed by atoms with Crippen LogP contribution in [0.5, 0.6) is 0 Å². The number of nitrogens with zero attached hydrogens (tertiary/aromatic N) is 1. The Balaban J connectivity index is 1.80. The zero-order chi connectivity index (χ0) is 18.6. The maximum Gasteiger partial charge on any atom is 0.261 e. The SMILES string of the molecule is C=CCSc1ccccc1NS(=O)(=O)c1ccc(N2CCCC2=O)cc1. The number of rotatable bonds is 7. The van der Waals surface area contributed by atoms with Gasteiger partial charge < -0.3 is 4.90 Å². The lowest BCUT2D eigenvalue weighted by Gasteiger charge is -2.16. The standard InChI is InChI=1S/C19H20N2O3S2/c1-2-14-25-18-7-4-3-6-17(18)20-26(23,24)16-11-9-15(10-12-16)21-13-5-8-19(21)22/h2-4,6-7,9-12,20H,1,5,8,13-14H2. The summed E-state index contributed by atoms with van der Waals surface area (Å²) in [6.45, 7) is 4.36. The number of amides is 1. The smallest absolute Gasteiger partial charge is 0.261 e. The van der Waals surface area contributed by atoms with Crippen molar-refractivity contribution in [1.82, 2.24) is 0 Å². The van der Waals surface area contributed by atoms with Crippen LogP contribution in [0.2, 0.25) is 0 Å². The quantitative estimate of drug-likeness (QED) is 0.577. The number of anilines is 2. The van der Waals surface area contributed by atoms with Gasteiger partial charge in [0.05, 0.1) is 10.6 Å². The second-order valence-electron chi connectivity index (χ2n) is 5.84. The molecule has 1 fully saturated rings. The van der Waals surface area contributed by atoms with E-state index >= 15 is 0 Å². The van der Waals surface area contributed by atoms with E-state index in [-0.39, 0.29) is 10.8 Å². The van der Waals surface area contributed by atoms with E-state index < -0.39 is 10.0 Å². The van der Waals surface area contributed by atoms with Gasteiger partial charge >= 0.3 is 0 Å². The first-order chi connectivity index (χ1) is 12.5. The van der Waals surface area contributed by atoms with Gasteiger partial charge in [0, 0.05) is 29.3 Å². The number of benzene rings is 2. The van der Waals surface area contributed by atoms with Crippen LogP contribution >= 0.6 is 11.8 Å². The molecule has 1 amide bonds. The highest BCUT2D eigenvalue weighted by atomic mass is 32.2. The van der Waals surface area contributed by atoms with Crippen LogP contribution in [-0.4, -0.2) is 26.6 Å². The molecule has 0 radical (unpaired) electrons. The monoisotopic (exact) mass is 388 g/mol. The Morgan fingerprint density at radius 1 is 1.15 bits per heavy atom. The molecule has 0 unspecified atom stereocenters. The Morgan fingerprint density at radius 2 is 1.88 bits per heavy atom. The van der Waals surface area contributed by atoms with E-state index in [2.05, 4.69) is 11.3 Å². The summed E-state index contributed by atoms with van der Waals surface area (Å²) in [5, 5.41) is 0. The molecular weight excluding hydrogens is 368 g/mol. The molecule has 26 heavy (non-hydrogen) atoms. The Labute approximate surface area is 158 Å². The molecule has 1 N–H and O–H groups in total. The van der Waals surface area contributed by atoms with Crippen molar-refractivity contribution in [2.24, 2.45) is 0 Å². The van der Waals surface area contributed by atoms with Crippen LogP contribution in [0.15, 0.2) is 71.0 Å². The maximum absolute atomic E-state index is 12.7. The van der Waals surface area contributed by atoms with Gasteiger partial charge in [0.15, 0.2) is 0 Å². The van der Waals surface area contributed by atoms with E-state index in [1.807, 2.05) is 12.1 Å². The van der Waals surface area contributed by atoms with Crippen LogP contribution < -0.4 is 9.62 Å². The summed E-state index contributed by atoms with van der Waals surface area (Å²) in [5.74, 6) is 0.768. The number of carbonyl (C=O) groups excluding carboxylic acids is 1. The van der Waals surface area contributed by atoms with Gasteiger partial charge in [0.1, 0.15) is 0 Å². The second-order valence-corrected chi connectivity index (χ2v) is 8.59. The first-order valence-electron chi connectivity index (χ1n) is 8.27. The number of carbonyl (C=O) groups is 1. The molecule has 5 nitrogen and oxygen atoms in total. The Kier molecular flexibility index (Phi) is 5.68. The minimum atomic E-state index is -3.71. The lowest BCUT2D eigenvalue weighted by Crippen LogP contribution is -2.23. The summed E-state index contributed by atoms with van der Waals surface area (Å²) < 4.78 is 28.1. The van der Waals surface area contributed by atoms with Crippen molar-refractivity contribution in [3.8, 4) is 0 Å². The van der Waals surface area contributed by atoms with Crippen molar-refractivity contribution in [2.45, 2.75) is 22.6 Å². The predicted octanol–water partition coefficient (Wildman–Crippen LogP) is 3.89. The van der Waals surface area contributed by atoms with Gasteiger partial charge in [-0.15, -0.1) is 18.3 Å². The third-order valence-electron chi connectivity index (χ3n) is 4.02. The predicted molar refractivity (Wildman–Crippen MR) is 106 cm³/mol. The minimum absolute atomic E-state index is 0.0758. The third kappa shape index (κ3) is 4.11. The first-order valence-corrected chi connectivity index (χ1v) is 10.7. The zero-order valence-corrected chi connectivity index (χ0v) is 15.9. The Morgan fingerprint density at radius 3 is 2.54 bits per heavy atom. The van der Waals surface area contributed by atoms with Gasteiger partial charge in [0.2, 0.25) is 5.91 Å². The molecule has 7 heteroatoms. The van der Waals surface area contributed by atoms with Gasteiger partial charge in [-0.3, -0.25) is 9.52 Å². The molecule has 0 saturated carbocycles. The molecule has 1 aliphatic heterocycles. The number of para-hydroxylation sites is 1. The van der Waals surface area contributed by atoms with Crippen molar-refractivity contribution in [1.29, 1.82) is 0 Å². The normalized spacial score (nSPS) is 14.5. The fourth-order valence-electron chi connectivity index (χ4n) is 2.76. The summed E-state index contributed by atoms with van der Waals surface area (Å²) >= 11 is 1.51. The lowest BCUT2D eigenvalue weighted by molar-refractivity contribution is -0.117. The molecule has 0 atom stereocenters. The highest BCUT2D eigenvalue weighted by Gasteiger charge is 2.22. The molecule has 1 saturated heterocycles. The molecule has 0 spiro atoms. The molecule has 3 rings (SSSR count). The van der Waals surface area contributed by atoms with E-state index in [9.17, 15) is 13.2 Å². The average Bonchev–Trinajstić information content (AvgIpc) is 3.07. The molecule has 1 aliphatic rings. The maximum atomic E-state index is 12.7. The van der Waals surface area contributed by atoms with Crippen molar-refractivity contribution < 1.29 is 13.2 Å². The fraction of sp³-hybridized carbons (Fsp3) is 0.211. The second kappa shape index (κ2) is 7.97. The number of thioether (sulfide) groups is 1. The summed E-state index contributed by atoms with van der Waals surface area (Å²) in [7, 11) is -3.71. The van der Waals surface area contributed by atoms with Gasteiger partial charge in [0.25, 0.3) is 10.0 Å². The molecule has 0 aromatic heterocycles. The first kappa shape index (κ1) is 18.5. The van der Waals surface area contributed by atoms with Gasteiger partial charge in [-0.05, 0) is 42.8 Å². The minimum Gasteiger partial charge on any atom is -0.312 e. The largest absolute Gasteiger partial charge is 0.312 e. The van der Waals surface area contributed by atoms with Crippen molar-refractivity contribution in [2.75, 3.05) is 21.9 Å². The van der Waals surface area contributed by atoms with E-state index in [1.54, 1.807) is 35.2 Å². The molecule has 2 aromatic rings. The van der Waals surface area contributed by atoms with Crippen LogP contribution in [-0.2, 0) is 14.8 Å². The summed E-state index contributed by atoms with van der Waals surface area (Å²) in [4.78, 5) is 14.5. The van der Waals surface area contributed by atoms with Crippen molar-refractivity contribution in [3.05, 3.63) is 61.2 Å². The van der Waals surface area contributed by atoms with E-state index in [0.29, 0.717) is 24.4 Å².